The molecule has 4 nitrogen and oxygen atoms in total. The first-order valence-electron chi connectivity index (χ1n) is 10.5. The topological polar surface area (TPSA) is 66.4 Å². The Morgan fingerprint density at radius 1 is 1.04 bits per heavy atom. The first-order valence-corrected chi connectivity index (χ1v) is 10.5. The van der Waals surface area contributed by atoms with Crippen LogP contribution in [0.15, 0.2) is 24.3 Å². The minimum atomic E-state index is -0.507. The Hall–Kier alpha value is -1.68. The molecule has 4 aliphatic carbocycles. The van der Waals surface area contributed by atoms with Crippen LogP contribution in [0.5, 0.6) is 0 Å². The minimum Gasteiger partial charge on any atom is -0.299 e. The van der Waals surface area contributed by atoms with Crippen LogP contribution in [0.4, 0.5) is 0 Å². The summed E-state index contributed by atoms with van der Waals surface area (Å²) in [7, 11) is 0. The maximum Gasteiger partial charge on any atom is 0.274 e. The molecule has 1 aromatic carbocycles. The summed E-state index contributed by atoms with van der Waals surface area (Å²) in [5.74, 6) is 2.87. The van der Waals surface area contributed by atoms with Crippen LogP contribution in [-0.4, -0.2) is 16.9 Å². The third-order valence-corrected chi connectivity index (χ3v) is 7.54. The van der Waals surface area contributed by atoms with E-state index in [1.807, 2.05) is 12.1 Å². The molecule has 1 amide bonds. The van der Waals surface area contributed by atoms with Gasteiger partial charge in [-0.3, -0.25) is 14.8 Å². The molecular formula is C23H31NO3. The molecule has 0 spiro atoms. The zero-order chi connectivity index (χ0) is 19.2. The normalized spacial score (nSPS) is 32.5. The number of hydroxylamine groups is 1. The summed E-state index contributed by atoms with van der Waals surface area (Å²) in [5.41, 5.74) is 3.16. The van der Waals surface area contributed by atoms with Gasteiger partial charge in [-0.2, -0.15) is 0 Å². The molecular weight excluding hydrogens is 338 g/mol. The molecule has 0 aliphatic heterocycles. The lowest BCUT2D eigenvalue weighted by atomic mass is 9.48. The number of carbonyl (C=O) groups excluding carboxylic acids is 2. The lowest BCUT2D eigenvalue weighted by molar-refractivity contribution is -0.144. The van der Waals surface area contributed by atoms with Gasteiger partial charge >= 0.3 is 0 Å². The highest BCUT2D eigenvalue weighted by atomic mass is 16.5. The third-order valence-electron chi connectivity index (χ3n) is 7.54. The van der Waals surface area contributed by atoms with Crippen LogP contribution in [0.2, 0.25) is 0 Å². The molecule has 4 fully saturated rings. The number of amides is 1. The number of carbonyl (C=O) groups is 2. The molecule has 4 heteroatoms. The Kier molecular flexibility index (Phi) is 4.87. The quantitative estimate of drug-likeness (QED) is 0.563. The summed E-state index contributed by atoms with van der Waals surface area (Å²) in [6.45, 7) is 4.35. The summed E-state index contributed by atoms with van der Waals surface area (Å²) in [6, 6.07) is 7.32. The number of benzene rings is 1. The maximum atomic E-state index is 13.5. The van der Waals surface area contributed by atoms with Crippen LogP contribution in [0.1, 0.15) is 80.6 Å². The van der Waals surface area contributed by atoms with E-state index < -0.39 is 5.91 Å². The number of Topliss-reactive ketones (excluding diaryl/α,β-unsaturated/α-hetero) is 1. The van der Waals surface area contributed by atoms with Gasteiger partial charge in [-0.15, -0.1) is 0 Å². The van der Waals surface area contributed by atoms with Gasteiger partial charge in [0, 0.05) is 17.4 Å². The van der Waals surface area contributed by atoms with Crippen LogP contribution in [0.3, 0.4) is 0 Å². The van der Waals surface area contributed by atoms with Crippen molar-refractivity contribution in [2.24, 2.45) is 29.1 Å². The van der Waals surface area contributed by atoms with Crippen molar-refractivity contribution >= 4 is 11.7 Å². The first-order chi connectivity index (χ1) is 12.9. The SMILES string of the molecule is CC(C)C(CC(=O)C12CC3CC(CC(C3)C1)C2)c1ccc(C(=O)NO)cc1. The second-order valence-corrected chi connectivity index (χ2v) is 9.74. The largest absolute Gasteiger partial charge is 0.299 e. The van der Waals surface area contributed by atoms with E-state index in [4.69, 9.17) is 5.21 Å². The van der Waals surface area contributed by atoms with E-state index in [0.717, 1.165) is 42.6 Å². The zero-order valence-corrected chi connectivity index (χ0v) is 16.4. The number of hydrogen-bond acceptors (Lipinski definition) is 3. The number of ketones is 1. The monoisotopic (exact) mass is 369 g/mol. The Labute approximate surface area is 161 Å². The molecule has 4 bridgehead atoms. The van der Waals surface area contributed by atoms with Crippen molar-refractivity contribution < 1.29 is 14.8 Å². The molecule has 0 aromatic heterocycles. The molecule has 0 heterocycles. The van der Waals surface area contributed by atoms with Crippen LogP contribution in [0.25, 0.3) is 0 Å². The van der Waals surface area contributed by atoms with Gasteiger partial charge in [-0.25, -0.2) is 5.48 Å². The molecule has 4 saturated carbocycles. The Bertz CT molecular complexity index is 686. The Morgan fingerprint density at radius 2 is 1.56 bits per heavy atom. The molecule has 146 valence electrons. The van der Waals surface area contributed by atoms with Gasteiger partial charge in [-0.05, 0) is 85.8 Å². The second-order valence-electron chi connectivity index (χ2n) is 9.74. The van der Waals surface area contributed by atoms with Gasteiger partial charge in [-0.1, -0.05) is 26.0 Å². The lowest BCUT2D eigenvalue weighted by Gasteiger charge is -2.56. The molecule has 1 atom stereocenters. The van der Waals surface area contributed by atoms with E-state index in [2.05, 4.69) is 13.8 Å². The molecule has 1 unspecified atom stereocenters. The predicted octanol–water partition coefficient (Wildman–Crippen LogP) is 4.72. The van der Waals surface area contributed by atoms with Crippen LogP contribution in [-0.2, 0) is 4.79 Å². The van der Waals surface area contributed by atoms with Crippen LogP contribution >= 0.6 is 0 Å². The van der Waals surface area contributed by atoms with Crippen molar-refractivity contribution in [2.75, 3.05) is 0 Å². The first kappa shape index (κ1) is 18.7. The summed E-state index contributed by atoms with van der Waals surface area (Å²) >= 11 is 0. The summed E-state index contributed by atoms with van der Waals surface area (Å²) < 4.78 is 0. The van der Waals surface area contributed by atoms with Crippen LogP contribution in [0, 0.1) is 29.1 Å². The zero-order valence-electron chi connectivity index (χ0n) is 16.4. The van der Waals surface area contributed by atoms with E-state index in [1.54, 1.807) is 17.6 Å². The van der Waals surface area contributed by atoms with Gasteiger partial charge < -0.3 is 0 Å². The fourth-order valence-electron chi connectivity index (χ4n) is 6.55. The van der Waals surface area contributed by atoms with Crippen molar-refractivity contribution in [1.82, 2.24) is 5.48 Å². The van der Waals surface area contributed by atoms with Crippen molar-refractivity contribution in [1.29, 1.82) is 0 Å². The predicted molar refractivity (Wildman–Crippen MR) is 104 cm³/mol. The van der Waals surface area contributed by atoms with Crippen molar-refractivity contribution in [2.45, 2.75) is 64.7 Å². The van der Waals surface area contributed by atoms with Gasteiger partial charge in [0.25, 0.3) is 5.91 Å². The van der Waals surface area contributed by atoms with E-state index in [9.17, 15) is 9.59 Å². The molecule has 2 N–H and O–H groups in total. The second kappa shape index (κ2) is 7.05. The van der Waals surface area contributed by atoms with Gasteiger partial charge in [0.05, 0.1) is 0 Å². The fraction of sp³-hybridized carbons (Fsp3) is 0.652. The molecule has 27 heavy (non-hydrogen) atoms. The summed E-state index contributed by atoms with van der Waals surface area (Å²) in [6.07, 6.45) is 8.04. The highest BCUT2D eigenvalue weighted by Gasteiger charge is 2.54. The van der Waals surface area contributed by atoms with E-state index >= 15 is 0 Å². The van der Waals surface area contributed by atoms with E-state index in [0.29, 0.717) is 23.7 Å². The molecule has 0 radical (unpaired) electrons. The fourth-order valence-corrected chi connectivity index (χ4v) is 6.55. The van der Waals surface area contributed by atoms with E-state index in [-0.39, 0.29) is 11.3 Å². The summed E-state index contributed by atoms with van der Waals surface area (Å²) in [5, 5.41) is 8.78. The third kappa shape index (κ3) is 3.44. The van der Waals surface area contributed by atoms with Crippen molar-refractivity contribution in [3.05, 3.63) is 35.4 Å². The van der Waals surface area contributed by atoms with Crippen molar-refractivity contribution in [3.8, 4) is 0 Å². The highest BCUT2D eigenvalue weighted by Crippen LogP contribution is 2.61. The van der Waals surface area contributed by atoms with Crippen LogP contribution < -0.4 is 5.48 Å². The average Bonchev–Trinajstić information content (AvgIpc) is 2.64. The Morgan fingerprint density at radius 3 is 2.00 bits per heavy atom. The van der Waals surface area contributed by atoms with Gasteiger partial charge in [0.2, 0.25) is 0 Å². The number of hydrogen-bond donors (Lipinski definition) is 2. The number of nitrogens with one attached hydrogen (secondary N) is 1. The number of rotatable bonds is 6. The average molecular weight is 370 g/mol. The molecule has 5 rings (SSSR count). The highest BCUT2D eigenvalue weighted by molar-refractivity contribution is 5.93. The van der Waals surface area contributed by atoms with Gasteiger partial charge in [0.1, 0.15) is 5.78 Å². The van der Waals surface area contributed by atoms with Gasteiger partial charge in [0.15, 0.2) is 0 Å². The standard InChI is InChI=1S/C23H31NO3/c1-14(2)20(18-3-5-19(6-4-18)22(26)24-27)10-21(25)23-11-15-7-16(12-23)9-17(8-15)13-23/h3-6,14-17,20,27H,7-13H2,1-2H3,(H,24,26). The summed E-state index contributed by atoms with van der Waals surface area (Å²) in [4.78, 5) is 25.1. The molecule has 0 saturated heterocycles. The maximum absolute atomic E-state index is 13.5. The molecule has 1 aromatic rings. The smallest absolute Gasteiger partial charge is 0.274 e. The Balaban J connectivity index is 1.52. The van der Waals surface area contributed by atoms with E-state index in [1.165, 1.54) is 19.3 Å². The minimum absolute atomic E-state index is 0.0431. The molecule has 4 aliphatic rings. The lowest BCUT2D eigenvalue weighted by Crippen LogP contribution is -2.50. The van der Waals surface area contributed by atoms with Crippen molar-refractivity contribution in [3.63, 3.8) is 0 Å².